The molecule has 1 saturated carbocycles. The summed E-state index contributed by atoms with van der Waals surface area (Å²) in [5.74, 6) is -0.810. The lowest BCUT2D eigenvalue weighted by Gasteiger charge is -2.36. The van der Waals surface area contributed by atoms with Crippen molar-refractivity contribution in [1.29, 1.82) is 0 Å². The van der Waals surface area contributed by atoms with Crippen LogP contribution >= 0.6 is 0 Å². The van der Waals surface area contributed by atoms with Crippen LogP contribution in [0.3, 0.4) is 0 Å². The summed E-state index contributed by atoms with van der Waals surface area (Å²) in [6.07, 6.45) is 4.54. The van der Waals surface area contributed by atoms with Crippen molar-refractivity contribution in [3.05, 3.63) is 35.6 Å². The molecule has 0 atom stereocenters. The summed E-state index contributed by atoms with van der Waals surface area (Å²) in [5.41, 5.74) is 0.0407. The van der Waals surface area contributed by atoms with Gasteiger partial charge in [0.2, 0.25) is 5.91 Å². The van der Waals surface area contributed by atoms with Crippen molar-refractivity contribution in [3.8, 4) is 0 Å². The minimum atomic E-state index is -0.684. The van der Waals surface area contributed by atoms with E-state index < -0.39 is 5.41 Å². The number of rotatable bonds is 5. The number of carbonyl (C=O) groups excluding carboxylic acids is 2. The van der Waals surface area contributed by atoms with Crippen molar-refractivity contribution < 1.29 is 18.7 Å². The van der Waals surface area contributed by atoms with Crippen LogP contribution in [-0.2, 0) is 19.7 Å². The van der Waals surface area contributed by atoms with E-state index in [1.165, 1.54) is 19.2 Å². The third kappa shape index (κ3) is 3.64. The largest absolute Gasteiger partial charge is 0.469 e. The van der Waals surface area contributed by atoms with Gasteiger partial charge in [-0.25, -0.2) is 4.39 Å². The molecule has 1 aromatic rings. The minimum absolute atomic E-state index is 0.123. The van der Waals surface area contributed by atoms with Crippen LogP contribution < -0.4 is 5.32 Å². The molecule has 4 nitrogen and oxygen atoms in total. The topological polar surface area (TPSA) is 55.4 Å². The fourth-order valence-corrected chi connectivity index (χ4v) is 3.14. The molecule has 1 N–H and O–H groups in total. The molecule has 0 saturated heterocycles. The molecule has 0 aromatic heterocycles. The summed E-state index contributed by atoms with van der Waals surface area (Å²) < 4.78 is 18.1. The Labute approximate surface area is 130 Å². The lowest BCUT2D eigenvalue weighted by atomic mass is 9.68. The molecule has 1 aliphatic rings. The number of benzene rings is 1. The maximum absolute atomic E-state index is 13.6. The number of hydrogen-bond donors (Lipinski definition) is 1. The zero-order valence-electron chi connectivity index (χ0n) is 12.9. The summed E-state index contributed by atoms with van der Waals surface area (Å²) in [6, 6.07) is 6.29. The maximum atomic E-state index is 13.6. The number of carbonyl (C=O) groups is 2. The molecular weight excluding hydrogens is 285 g/mol. The van der Waals surface area contributed by atoms with Gasteiger partial charge in [-0.15, -0.1) is 0 Å². The van der Waals surface area contributed by atoms with Crippen molar-refractivity contribution in [1.82, 2.24) is 5.32 Å². The molecule has 0 spiro atoms. The number of ether oxygens (including phenoxy) is 1. The third-order valence-corrected chi connectivity index (χ3v) is 4.36. The highest BCUT2D eigenvalue weighted by atomic mass is 19.1. The van der Waals surface area contributed by atoms with Gasteiger partial charge in [0, 0.05) is 6.54 Å². The molecule has 0 bridgehead atoms. The van der Waals surface area contributed by atoms with Crippen LogP contribution in [0, 0.1) is 5.82 Å². The first kappa shape index (κ1) is 16.5. The molecule has 22 heavy (non-hydrogen) atoms. The lowest BCUT2D eigenvalue weighted by Crippen LogP contribution is -2.46. The Morgan fingerprint density at radius 1 is 1.27 bits per heavy atom. The Kier molecular flexibility index (Phi) is 5.52. The fraction of sp³-hybridized carbons (Fsp3) is 0.529. The van der Waals surface area contributed by atoms with Crippen LogP contribution in [0.15, 0.2) is 24.3 Å². The van der Waals surface area contributed by atoms with Crippen LogP contribution in [-0.4, -0.2) is 25.5 Å². The van der Waals surface area contributed by atoms with Crippen LogP contribution in [0.1, 0.15) is 44.1 Å². The molecule has 0 unspecified atom stereocenters. The van der Waals surface area contributed by atoms with Crippen LogP contribution in [0.2, 0.25) is 0 Å². The van der Waals surface area contributed by atoms with Gasteiger partial charge < -0.3 is 10.1 Å². The zero-order chi connectivity index (χ0) is 16.0. The molecule has 0 aliphatic heterocycles. The fourth-order valence-electron chi connectivity index (χ4n) is 3.14. The average molecular weight is 307 g/mol. The van der Waals surface area contributed by atoms with Gasteiger partial charge in [-0.3, -0.25) is 9.59 Å². The van der Waals surface area contributed by atoms with Gasteiger partial charge in [0.15, 0.2) is 0 Å². The molecule has 120 valence electrons. The first-order valence-corrected chi connectivity index (χ1v) is 7.70. The molecule has 2 rings (SSSR count). The first-order valence-electron chi connectivity index (χ1n) is 7.70. The van der Waals surface area contributed by atoms with Gasteiger partial charge in [0.25, 0.3) is 0 Å². The normalized spacial score (nSPS) is 16.8. The number of amides is 1. The highest BCUT2D eigenvalue weighted by Crippen LogP contribution is 2.39. The predicted molar refractivity (Wildman–Crippen MR) is 80.8 cm³/mol. The van der Waals surface area contributed by atoms with Gasteiger partial charge in [-0.2, -0.15) is 0 Å². The van der Waals surface area contributed by atoms with E-state index in [2.05, 4.69) is 10.1 Å². The van der Waals surface area contributed by atoms with Gasteiger partial charge in [-0.1, -0.05) is 31.4 Å². The Morgan fingerprint density at radius 3 is 2.64 bits per heavy atom. The van der Waals surface area contributed by atoms with E-state index in [0.717, 1.165) is 24.8 Å². The van der Waals surface area contributed by atoms with Gasteiger partial charge in [0.1, 0.15) is 5.82 Å². The van der Waals surface area contributed by atoms with E-state index >= 15 is 0 Å². The van der Waals surface area contributed by atoms with Gasteiger partial charge in [-0.05, 0) is 30.5 Å². The SMILES string of the molecule is COC(=O)CCNC(=O)C1(c2cccc(F)c2)CCCCC1. The molecule has 0 radical (unpaired) electrons. The first-order chi connectivity index (χ1) is 10.6. The molecule has 5 heteroatoms. The van der Waals surface area contributed by atoms with Crippen molar-refractivity contribution in [2.75, 3.05) is 13.7 Å². The van der Waals surface area contributed by atoms with Crippen molar-refractivity contribution in [2.24, 2.45) is 0 Å². The van der Waals surface area contributed by atoms with E-state index in [-0.39, 0.29) is 30.7 Å². The summed E-state index contributed by atoms with van der Waals surface area (Å²) >= 11 is 0. The quantitative estimate of drug-likeness (QED) is 0.851. The number of hydrogen-bond acceptors (Lipinski definition) is 3. The molecule has 0 heterocycles. The Morgan fingerprint density at radius 2 is 2.00 bits per heavy atom. The number of halogens is 1. The Hall–Kier alpha value is -1.91. The second kappa shape index (κ2) is 7.38. The predicted octanol–water partition coefficient (Wildman–Crippen LogP) is 2.71. The van der Waals surface area contributed by atoms with E-state index in [1.807, 2.05) is 6.07 Å². The monoisotopic (exact) mass is 307 g/mol. The molecular formula is C17H22FNO3. The highest BCUT2D eigenvalue weighted by molar-refractivity contribution is 5.88. The number of esters is 1. The van der Waals surface area contributed by atoms with E-state index in [0.29, 0.717) is 12.8 Å². The standard InChI is InChI=1S/C17H22FNO3/c1-22-15(20)8-11-19-16(21)17(9-3-2-4-10-17)13-6-5-7-14(18)12-13/h5-7,12H,2-4,8-11H2,1H3,(H,19,21). The summed E-state index contributed by atoms with van der Waals surface area (Å²) in [5, 5.41) is 2.81. The second-order valence-corrected chi connectivity index (χ2v) is 5.74. The highest BCUT2D eigenvalue weighted by Gasteiger charge is 2.41. The van der Waals surface area contributed by atoms with Crippen LogP contribution in [0.4, 0.5) is 4.39 Å². The molecule has 1 fully saturated rings. The lowest BCUT2D eigenvalue weighted by molar-refractivity contribution is -0.140. The third-order valence-electron chi connectivity index (χ3n) is 4.36. The van der Waals surface area contributed by atoms with Crippen LogP contribution in [0.5, 0.6) is 0 Å². The van der Waals surface area contributed by atoms with Crippen LogP contribution in [0.25, 0.3) is 0 Å². The van der Waals surface area contributed by atoms with E-state index in [9.17, 15) is 14.0 Å². The second-order valence-electron chi connectivity index (χ2n) is 5.74. The summed E-state index contributed by atoms with van der Waals surface area (Å²) in [7, 11) is 1.32. The maximum Gasteiger partial charge on any atom is 0.307 e. The van der Waals surface area contributed by atoms with Gasteiger partial charge >= 0.3 is 5.97 Å². The molecule has 1 aromatic carbocycles. The van der Waals surface area contributed by atoms with Gasteiger partial charge in [0.05, 0.1) is 18.9 Å². The smallest absolute Gasteiger partial charge is 0.307 e. The Balaban J connectivity index is 2.15. The van der Waals surface area contributed by atoms with Crippen molar-refractivity contribution >= 4 is 11.9 Å². The number of methoxy groups -OCH3 is 1. The zero-order valence-corrected chi connectivity index (χ0v) is 12.9. The molecule has 1 amide bonds. The minimum Gasteiger partial charge on any atom is -0.469 e. The summed E-state index contributed by atoms with van der Waals surface area (Å²) in [4.78, 5) is 23.9. The summed E-state index contributed by atoms with van der Waals surface area (Å²) in [6.45, 7) is 0.239. The van der Waals surface area contributed by atoms with E-state index in [4.69, 9.17) is 0 Å². The number of nitrogens with one attached hydrogen (secondary N) is 1. The molecule has 1 aliphatic carbocycles. The average Bonchev–Trinajstić information content (AvgIpc) is 2.55. The Bertz CT molecular complexity index is 538. The van der Waals surface area contributed by atoms with Crippen molar-refractivity contribution in [2.45, 2.75) is 43.9 Å². The van der Waals surface area contributed by atoms with Crippen molar-refractivity contribution in [3.63, 3.8) is 0 Å². The van der Waals surface area contributed by atoms with E-state index in [1.54, 1.807) is 6.07 Å².